The quantitative estimate of drug-likeness (QED) is 0.273. The molecular weight excluding hydrogens is 538 g/mol. The first-order chi connectivity index (χ1) is 15.8. The normalized spacial score (nSPS) is 15.1. The molecule has 0 radical (unpaired) electrons. The fourth-order valence-corrected chi connectivity index (χ4v) is 4.05. The average molecular weight is 556 g/mol. The molecule has 1 N–H and O–H groups in total. The molecule has 1 fully saturated rings. The third kappa shape index (κ3) is 4.80. The molecule has 3 aromatic rings. The second-order valence-electron chi connectivity index (χ2n) is 7.31. The maximum Gasteiger partial charge on any atom is 0.335 e. The number of halogens is 2. The van der Waals surface area contributed by atoms with Gasteiger partial charge in [-0.3, -0.25) is 14.9 Å². The van der Waals surface area contributed by atoms with Gasteiger partial charge in [0.1, 0.15) is 23.7 Å². The van der Waals surface area contributed by atoms with Crippen LogP contribution in [-0.2, 0) is 16.2 Å². The molecule has 4 amide bonds. The van der Waals surface area contributed by atoms with Crippen LogP contribution >= 0.6 is 22.6 Å². The molecule has 8 heteroatoms. The zero-order chi connectivity index (χ0) is 23.5. The van der Waals surface area contributed by atoms with Gasteiger partial charge in [0.05, 0.1) is 9.26 Å². The van der Waals surface area contributed by atoms with Gasteiger partial charge in [-0.05, 0) is 71.0 Å². The van der Waals surface area contributed by atoms with Gasteiger partial charge in [-0.2, -0.15) is 0 Å². The molecular formula is C25H18FIN2O4. The van der Waals surface area contributed by atoms with Gasteiger partial charge in [0.2, 0.25) is 0 Å². The van der Waals surface area contributed by atoms with Gasteiger partial charge in [0.15, 0.2) is 0 Å². The van der Waals surface area contributed by atoms with E-state index in [4.69, 9.17) is 4.74 Å². The Bertz CT molecular complexity index is 1310. The number of hydrogen-bond acceptors (Lipinski definition) is 4. The number of benzene rings is 3. The largest absolute Gasteiger partial charge is 0.488 e. The maximum absolute atomic E-state index is 13.8. The van der Waals surface area contributed by atoms with Gasteiger partial charge < -0.3 is 4.74 Å². The van der Waals surface area contributed by atoms with Crippen molar-refractivity contribution in [1.82, 2.24) is 5.32 Å². The minimum absolute atomic E-state index is 0.0670. The first-order valence-corrected chi connectivity index (χ1v) is 11.1. The van der Waals surface area contributed by atoms with E-state index < -0.39 is 17.8 Å². The Balaban J connectivity index is 1.58. The van der Waals surface area contributed by atoms with E-state index in [0.29, 0.717) is 26.1 Å². The minimum atomic E-state index is -0.789. The van der Waals surface area contributed by atoms with Crippen molar-refractivity contribution >= 4 is 52.2 Å². The highest BCUT2D eigenvalue weighted by atomic mass is 127. The lowest BCUT2D eigenvalue weighted by atomic mass is 10.1. The molecule has 33 heavy (non-hydrogen) atoms. The Kier molecular flexibility index (Phi) is 6.55. The van der Waals surface area contributed by atoms with Crippen LogP contribution in [-0.4, -0.2) is 17.8 Å². The summed E-state index contributed by atoms with van der Waals surface area (Å²) in [7, 11) is 0. The first-order valence-electron chi connectivity index (χ1n) is 9.98. The van der Waals surface area contributed by atoms with Crippen LogP contribution in [0.4, 0.5) is 14.9 Å². The van der Waals surface area contributed by atoms with Crippen molar-refractivity contribution in [2.45, 2.75) is 13.5 Å². The molecule has 1 aliphatic rings. The number of urea groups is 1. The van der Waals surface area contributed by atoms with E-state index in [1.807, 2.05) is 0 Å². The van der Waals surface area contributed by atoms with Gasteiger partial charge >= 0.3 is 6.03 Å². The van der Waals surface area contributed by atoms with E-state index in [1.54, 1.807) is 67.6 Å². The minimum Gasteiger partial charge on any atom is -0.488 e. The number of para-hydroxylation sites is 1. The zero-order valence-electron chi connectivity index (χ0n) is 17.5. The van der Waals surface area contributed by atoms with Gasteiger partial charge in [-0.25, -0.2) is 14.1 Å². The van der Waals surface area contributed by atoms with Crippen LogP contribution in [0, 0.1) is 16.3 Å². The highest BCUT2D eigenvalue weighted by Crippen LogP contribution is 2.27. The topological polar surface area (TPSA) is 75.7 Å². The first kappa shape index (κ1) is 22.7. The van der Waals surface area contributed by atoms with E-state index in [9.17, 15) is 18.8 Å². The standard InChI is InChI=1S/C25H18FIN2O4/c1-15-6-2-5-9-21(15)29-24(31)18(23(30)28-25(29)32)12-16-10-11-22(20(27)13-16)33-14-17-7-3-4-8-19(17)26/h2-13H,14H2,1H3,(H,28,30,32)/b18-12+. The van der Waals surface area contributed by atoms with Crippen LogP contribution in [0.1, 0.15) is 16.7 Å². The molecule has 3 aromatic carbocycles. The Morgan fingerprint density at radius 1 is 1.03 bits per heavy atom. The predicted molar refractivity (Wildman–Crippen MR) is 130 cm³/mol. The van der Waals surface area contributed by atoms with E-state index in [-0.39, 0.29) is 18.0 Å². The molecule has 0 aliphatic carbocycles. The summed E-state index contributed by atoms with van der Waals surface area (Å²) in [5.74, 6) is -1.27. The SMILES string of the molecule is Cc1ccccc1N1C(=O)NC(=O)/C(=C\c2ccc(OCc3ccccc3F)c(I)c2)C1=O. The number of amides is 4. The fourth-order valence-electron chi connectivity index (χ4n) is 3.35. The summed E-state index contributed by atoms with van der Waals surface area (Å²) in [5, 5.41) is 2.22. The van der Waals surface area contributed by atoms with Crippen molar-refractivity contribution in [3.8, 4) is 5.75 Å². The highest BCUT2D eigenvalue weighted by molar-refractivity contribution is 14.1. The third-order valence-corrected chi connectivity index (χ3v) is 5.91. The molecule has 0 atom stereocenters. The predicted octanol–water partition coefficient (Wildman–Crippen LogP) is 4.98. The molecule has 1 saturated heterocycles. The Morgan fingerprint density at radius 3 is 2.48 bits per heavy atom. The van der Waals surface area contributed by atoms with Gasteiger partial charge in [0.25, 0.3) is 11.8 Å². The molecule has 0 saturated carbocycles. The van der Waals surface area contributed by atoms with Crippen LogP contribution < -0.4 is 15.0 Å². The molecule has 4 rings (SSSR count). The van der Waals surface area contributed by atoms with Crippen molar-refractivity contribution < 1.29 is 23.5 Å². The number of hydrogen-bond donors (Lipinski definition) is 1. The zero-order valence-corrected chi connectivity index (χ0v) is 19.6. The van der Waals surface area contributed by atoms with Crippen molar-refractivity contribution in [3.63, 3.8) is 0 Å². The van der Waals surface area contributed by atoms with Crippen LogP contribution in [0.3, 0.4) is 0 Å². The summed E-state index contributed by atoms with van der Waals surface area (Å²) >= 11 is 2.07. The molecule has 0 unspecified atom stereocenters. The van der Waals surface area contributed by atoms with Gasteiger partial charge in [0, 0.05) is 5.56 Å². The second kappa shape index (κ2) is 9.53. The number of imide groups is 2. The number of barbiturate groups is 1. The monoisotopic (exact) mass is 556 g/mol. The third-order valence-electron chi connectivity index (χ3n) is 5.07. The molecule has 166 valence electrons. The van der Waals surface area contributed by atoms with Crippen LogP contribution in [0.2, 0.25) is 0 Å². The molecule has 0 spiro atoms. The summed E-state index contributed by atoms with van der Waals surface area (Å²) in [6.07, 6.45) is 1.43. The van der Waals surface area contributed by atoms with Crippen molar-refractivity contribution in [3.05, 3.63) is 98.4 Å². The molecule has 0 bridgehead atoms. The molecule has 6 nitrogen and oxygen atoms in total. The Hall–Kier alpha value is -3.53. The number of rotatable bonds is 5. The number of carbonyl (C=O) groups excluding carboxylic acids is 3. The lowest BCUT2D eigenvalue weighted by Gasteiger charge is -2.27. The number of aryl methyl sites for hydroxylation is 1. The maximum atomic E-state index is 13.8. The van der Waals surface area contributed by atoms with Crippen LogP contribution in [0.15, 0.2) is 72.3 Å². The summed E-state index contributed by atoms with van der Waals surface area (Å²) in [6.45, 7) is 1.84. The number of carbonyl (C=O) groups is 3. The lowest BCUT2D eigenvalue weighted by Crippen LogP contribution is -2.54. The van der Waals surface area contributed by atoms with E-state index in [1.165, 1.54) is 12.1 Å². The summed E-state index contributed by atoms with van der Waals surface area (Å²) in [5.41, 5.74) is 1.99. The van der Waals surface area contributed by atoms with Gasteiger partial charge in [-0.15, -0.1) is 0 Å². The molecule has 1 heterocycles. The number of nitrogens with zero attached hydrogens (tertiary/aromatic N) is 1. The lowest BCUT2D eigenvalue weighted by molar-refractivity contribution is -0.122. The van der Waals surface area contributed by atoms with Gasteiger partial charge in [-0.1, -0.05) is 42.5 Å². The number of anilines is 1. The smallest absolute Gasteiger partial charge is 0.335 e. The average Bonchev–Trinajstić information content (AvgIpc) is 2.78. The van der Waals surface area contributed by atoms with Crippen LogP contribution in [0.25, 0.3) is 6.08 Å². The van der Waals surface area contributed by atoms with E-state index >= 15 is 0 Å². The summed E-state index contributed by atoms with van der Waals surface area (Å²) < 4.78 is 20.3. The van der Waals surface area contributed by atoms with Crippen LogP contribution in [0.5, 0.6) is 5.75 Å². The summed E-state index contributed by atoms with van der Waals surface area (Å²) in [6, 6.07) is 17.6. The van der Waals surface area contributed by atoms with Crippen molar-refractivity contribution in [2.75, 3.05) is 4.90 Å². The van der Waals surface area contributed by atoms with Crippen molar-refractivity contribution in [2.24, 2.45) is 0 Å². The fraction of sp³-hybridized carbons (Fsp3) is 0.0800. The van der Waals surface area contributed by atoms with Crippen molar-refractivity contribution in [1.29, 1.82) is 0 Å². The Labute approximate surface area is 203 Å². The highest BCUT2D eigenvalue weighted by Gasteiger charge is 2.37. The molecule has 1 aliphatic heterocycles. The second-order valence-corrected chi connectivity index (χ2v) is 8.48. The molecule has 0 aromatic heterocycles. The number of nitrogens with one attached hydrogen (secondary N) is 1. The van der Waals surface area contributed by atoms with E-state index in [0.717, 1.165) is 10.5 Å². The van der Waals surface area contributed by atoms with E-state index in [2.05, 4.69) is 27.9 Å². The Morgan fingerprint density at radius 2 is 1.76 bits per heavy atom. The summed E-state index contributed by atoms with van der Waals surface area (Å²) in [4.78, 5) is 38.8. The number of ether oxygens (including phenoxy) is 1.